The van der Waals surface area contributed by atoms with Crippen molar-refractivity contribution in [2.75, 3.05) is 30.8 Å². The lowest BCUT2D eigenvalue weighted by Crippen LogP contribution is -2.36. The first-order valence-electron chi connectivity index (χ1n) is 5.77. The van der Waals surface area contributed by atoms with Gasteiger partial charge < -0.3 is 16.0 Å². The van der Waals surface area contributed by atoms with Crippen LogP contribution in [0.2, 0.25) is 0 Å². The molecule has 0 unspecified atom stereocenters. The van der Waals surface area contributed by atoms with Gasteiger partial charge in [-0.05, 0) is 25.5 Å². The predicted molar refractivity (Wildman–Crippen MR) is 70.0 cm³/mol. The number of carbonyl (C=O) groups excluding carboxylic acids is 1. The van der Waals surface area contributed by atoms with Crippen molar-refractivity contribution in [1.29, 1.82) is 0 Å². The molecule has 0 saturated heterocycles. The molecule has 5 heteroatoms. The molecule has 1 amide bonds. The molecule has 3 N–H and O–H groups in total. The van der Waals surface area contributed by atoms with Crippen molar-refractivity contribution in [2.24, 2.45) is 0 Å². The van der Waals surface area contributed by atoms with Crippen LogP contribution in [0.4, 0.5) is 11.5 Å². The second kappa shape index (κ2) is 6.08. The van der Waals surface area contributed by atoms with E-state index < -0.39 is 0 Å². The van der Waals surface area contributed by atoms with Crippen LogP contribution >= 0.6 is 0 Å². The Hall–Kier alpha value is -1.78. The first-order valence-corrected chi connectivity index (χ1v) is 5.77. The van der Waals surface area contributed by atoms with E-state index >= 15 is 0 Å². The number of aromatic nitrogens is 1. The van der Waals surface area contributed by atoms with Gasteiger partial charge in [0.05, 0.1) is 17.9 Å². The molecule has 0 radical (unpaired) electrons. The van der Waals surface area contributed by atoms with Gasteiger partial charge in [-0.2, -0.15) is 0 Å². The van der Waals surface area contributed by atoms with Gasteiger partial charge in [0.1, 0.15) is 5.82 Å². The number of carbonyl (C=O) groups is 1. The van der Waals surface area contributed by atoms with Gasteiger partial charge in [-0.3, -0.25) is 4.79 Å². The number of hydrogen-bond donors (Lipinski definition) is 2. The number of nitrogens with two attached hydrogens (primary N) is 1. The zero-order chi connectivity index (χ0) is 12.8. The molecular weight excluding hydrogens is 216 g/mol. The largest absolute Gasteiger partial charge is 0.397 e. The summed E-state index contributed by atoms with van der Waals surface area (Å²) in [6.45, 7) is 5.05. The summed E-state index contributed by atoms with van der Waals surface area (Å²) in [5.74, 6) is 0.775. The number of amides is 1. The highest BCUT2D eigenvalue weighted by molar-refractivity contribution is 5.80. The van der Waals surface area contributed by atoms with Crippen LogP contribution in [-0.2, 0) is 4.79 Å². The molecule has 1 heterocycles. The number of anilines is 2. The average molecular weight is 236 g/mol. The summed E-state index contributed by atoms with van der Waals surface area (Å²) >= 11 is 0. The van der Waals surface area contributed by atoms with Crippen LogP contribution in [0.1, 0.15) is 19.0 Å². The third-order valence-corrected chi connectivity index (χ3v) is 2.54. The van der Waals surface area contributed by atoms with E-state index in [1.165, 1.54) is 0 Å². The highest BCUT2D eigenvalue weighted by Gasteiger charge is 2.11. The maximum Gasteiger partial charge on any atom is 0.239 e. The van der Waals surface area contributed by atoms with E-state index in [1.807, 2.05) is 24.0 Å². The van der Waals surface area contributed by atoms with Crippen molar-refractivity contribution in [3.8, 4) is 0 Å². The summed E-state index contributed by atoms with van der Waals surface area (Å²) in [6.07, 6.45) is 0.960. The molecule has 0 aliphatic carbocycles. The van der Waals surface area contributed by atoms with Crippen molar-refractivity contribution in [2.45, 2.75) is 20.3 Å². The molecule has 0 aliphatic rings. The second-order valence-corrected chi connectivity index (χ2v) is 3.94. The summed E-state index contributed by atoms with van der Waals surface area (Å²) < 4.78 is 0. The second-order valence-electron chi connectivity index (χ2n) is 3.94. The Morgan fingerprint density at radius 1 is 1.53 bits per heavy atom. The molecule has 0 bridgehead atoms. The summed E-state index contributed by atoms with van der Waals surface area (Å²) in [6, 6.07) is 3.67. The fourth-order valence-electron chi connectivity index (χ4n) is 1.53. The van der Waals surface area contributed by atoms with Gasteiger partial charge in [0, 0.05) is 13.6 Å². The number of nitrogens with zero attached hydrogens (tertiary/aromatic N) is 2. The van der Waals surface area contributed by atoms with E-state index in [0.29, 0.717) is 12.2 Å². The van der Waals surface area contributed by atoms with Crippen molar-refractivity contribution in [3.63, 3.8) is 0 Å². The lowest BCUT2D eigenvalue weighted by molar-refractivity contribution is -0.119. The number of nitrogen functional groups attached to an aromatic ring is 1. The van der Waals surface area contributed by atoms with Crippen LogP contribution in [0, 0.1) is 6.92 Å². The minimum atomic E-state index is -0.0188. The maximum atomic E-state index is 11.4. The molecule has 0 atom stereocenters. The monoisotopic (exact) mass is 236 g/mol. The number of hydrogen-bond acceptors (Lipinski definition) is 4. The molecule has 1 rings (SSSR count). The number of rotatable bonds is 5. The lowest BCUT2D eigenvalue weighted by Gasteiger charge is -2.22. The minimum Gasteiger partial charge on any atom is -0.397 e. The molecule has 0 saturated carbocycles. The van der Waals surface area contributed by atoms with Crippen LogP contribution < -0.4 is 16.0 Å². The SMILES string of the molecule is CCCN(CC(=O)NC)c1ccc(N)c(C)n1. The summed E-state index contributed by atoms with van der Waals surface area (Å²) in [4.78, 5) is 17.8. The first kappa shape index (κ1) is 13.3. The predicted octanol–water partition coefficient (Wildman–Crippen LogP) is 0.935. The summed E-state index contributed by atoms with van der Waals surface area (Å²) in [7, 11) is 1.63. The lowest BCUT2D eigenvalue weighted by atomic mass is 10.3. The highest BCUT2D eigenvalue weighted by atomic mass is 16.1. The number of nitrogens with one attached hydrogen (secondary N) is 1. The zero-order valence-electron chi connectivity index (χ0n) is 10.7. The van der Waals surface area contributed by atoms with E-state index in [-0.39, 0.29) is 5.91 Å². The van der Waals surface area contributed by atoms with Gasteiger partial charge in [0.2, 0.25) is 5.91 Å². The van der Waals surface area contributed by atoms with E-state index in [0.717, 1.165) is 24.5 Å². The van der Waals surface area contributed by atoms with Crippen LogP contribution in [-0.4, -0.2) is 31.0 Å². The number of likely N-dealkylation sites (N-methyl/N-ethyl adjacent to an activating group) is 1. The molecule has 1 aromatic heterocycles. The smallest absolute Gasteiger partial charge is 0.239 e. The Morgan fingerprint density at radius 2 is 2.24 bits per heavy atom. The van der Waals surface area contributed by atoms with Gasteiger partial charge in [0.25, 0.3) is 0 Å². The molecular formula is C12H20N4O. The van der Waals surface area contributed by atoms with E-state index in [2.05, 4.69) is 17.2 Å². The molecule has 5 nitrogen and oxygen atoms in total. The van der Waals surface area contributed by atoms with Gasteiger partial charge >= 0.3 is 0 Å². The average Bonchev–Trinajstić information content (AvgIpc) is 2.32. The van der Waals surface area contributed by atoms with Crippen LogP contribution in [0.3, 0.4) is 0 Å². The molecule has 0 aromatic carbocycles. The Balaban J connectivity index is 2.88. The summed E-state index contributed by atoms with van der Waals surface area (Å²) in [5, 5.41) is 2.62. The standard InChI is InChI=1S/C12H20N4O/c1-4-7-16(8-12(17)14-3)11-6-5-10(13)9(2)15-11/h5-6H,4,7-8,13H2,1-3H3,(H,14,17). The third-order valence-electron chi connectivity index (χ3n) is 2.54. The third kappa shape index (κ3) is 3.62. The molecule has 17 heavy (non-hydrogen) atoms. The van der Waals surface area contributed by atoms with Gasteiger partial charge in [-0.25, -0.2) is 4.98 Å². The number of pyridine rings is 1. The quantitative estimate of drug-likeness (QED) is 0.798. The molecule has 0 fully saturated rings. The Labute approximate surface area is 102 Å². The van der Waals surface area contributed by atoms with Crippen molar-refractivity contribution in [1.82, 2.24) is 10.3 Å². The minimum absolute atomic E-state index is 0.0188. The fraction of sp³-hybridized carbons (Fsp3) is 0.500. The van der Waals surface area contributed by atoms with Crippen molar-refractivity contribution < 1.29 is 4.79 Å². The molecule has 0 spiro atoms. The fourth-order valence-corrected chi connectivity index (χ4v) is 1.53. The molecule has 1 aromatic rings. The zero-order valence-corrected chi connectivity index (χ0v) is 10.7. The molecule has 94 valence electrons. The normalized spacial score (nSPS) is 10.1. The van der Waals surface area contributed by atoms with Gasteiger partial charge in [0.15, 0.2) is 0 Å². The van der Waals surface area contributed by atoms with Crippen LogP contribution in [0.15, 0.2) is 12.1 Å². The van der Waals surface area contributed by atoms with E-state index in [9.17, 15) is 4.79 Å². The Bertz CT molecular complexity index is 392. The maximum absolute atomic E-state index is 11.4. The molecule has 0 aliphatic heterocycles. The van der Waals surface area contributed by atoms with Crippen LogP contribution in [0.25, 0.3) is 0 Å². The van der Waals surface area contributed by atoms with Gasteiger partial charge in [-0.1, -0.05) is 6.92 Å². The topological polar surface area (TPSA) is 71.2 Å². The Kier molecular flexibility index (Phi) is 4.75. The van der Waals surface area contributed by atoms with Crippen LogP contribution in [0.5, 0.6) is 0 Å². The van der Waals surface area contributed by atoms with Crippen molar-refractivity contribution >= 4 is 17.4 Å². The first-order chi connectivity index (χ1) is 8.08. The van der Waals surface area contributed by atoms with E-state index in [4.69, 9.17) is 5.73 Å². The summed E-state index contributed by atoms with van der Waals surface area (Å²) in [5.41, 5.74) is 7.19. The van der Waals surface area contributed by atoms with E-state index in [1.54, 1.807) is 7.05 Å². The van der Waals surface area contributed by atoms with Gasteiger partial charge in [-0.15, -0.1) is 0 Å². The van der Waals surface area contributed by atoms with Crippen molar-refractivity contribution in [3.05, 3.63) is 17.8 Å². The highest BCUT2D eigenvalue weighted by Crippen LogP contribution is 2.16. The number of aryl methyl sites for hydroxylation is 1. The Morgan fingerprint density at radius 3 is 2.76 bits per heavy atom.